The zero-order chi connectivity index (χ0) is 10.7. The first-order valence-electron chi connectivity index (χ1n) is 4.67. The van der Waals surface area contributed by atoms with Crippen LogP contribution in [-0.2, 0) is 4.79 Å². The molecule has 1 fully saturated rings. The van der Waals surface area contributed by atoms with Crippen LogP contribution in [0.3, 0.4) is 0 Å². The topological polar surface area (TPSA) is 77.8 Å². The molecule has 5 heteroatoms. The molecule has 1 aliphatic rings. The van der Waals surface area contributed by atoms with Crippen molar-refractivity contribution in [3.63, 3.8) is 0 Å². The quantitative estimate of drug-likeness (QED) is 0.720. The predicted molar refractivity (Wildman–Crippen MR) is 54.0 cm³/mol. The molecule has 1 aromatic rings. The summed E-state index contributed by atoms with van der Waals surface area (Å²) in [5, 5.41) is 14.5. The smallest absolute Gasteiger partial charge is 0.222 e. The van der Waals surface area contributed by atoms with E-state index in [1.54, 1.807) is 18.3 Å². The number of rotatable bonds is 2. The summed E-state index contributed by atoms with van der Waals surface area (Å²) in [6.07, 6.45) is 2.08. The predicted octanol–water partition coefficient (Wildman–Crippen LogP) is 0.254. The summed E-state index contributed by atoms with van der Waals surface area (Å²) in [4.78, 5) is 14.9. The zero-order valence-electron chi connectivity index (χ0n) is 8.03. The molecule has 76 valence electrons. The van der Waals surface area contributed by atoms with Gasteiger partial charge < -0.3 is 10.6 Å². The van der Waals surface area contributed by atoms with Gasteiger partial charge in [-0.05, 0) is 12.1 Å². The molecule has 2 N–H and O–H groups in total. The Bertz CT molecular complexity index is 406. The molecule has 2 heterocycles. The van der Waals surface area contributed by atoms with Crippen molar-refractivity contribution in [2.24, 2.45) is 0 Å². The van der Waals surface area contributed by atoms with E-state index in [0.717, 1.165) is 5.69 Å². The minimum Gasteiger partial charge on any atom is -0.379 e. The number of hydrogen-bond acceptors (Lipinski definition) is 4. The van der Waals surface area contributed by atoms with E-state index < -0.39 is 0 Å². The van der Waals surface area contributed by atoms with E-state index in [-0.39, 0.29) is 11.9 Å². The number of carbonyl (C=O) groups is 1. The molecule has 2 rings (SSSR count). The van der Waals surface area contributed by atoms with Crippen molar-refractivity contribution >= 4 is 11.6 Å². The molecule has 0 aliphatic carbocycles. The molecular formula is C10H10N4O. The van der Waals surface area contributed by atoms with E-state index in [0.29, 0.717) is 18.7 Å². The van der Waals surface area contributed by atoms with Gasteiger partial charge in [-0.15, -0.1) is 0 Å². The van der Waals surface area contributed by atoms with Gasteiger partial charge in [0.2, 0.25) is 5.91 Å². The number of amides is 1. The number of nitrogens with zero attached hydrogens (tertiary/aromatic N) is 2. The summed E-state index contributed by atoms with van der Waals surface area (Å²) >= 11 is 0. The summed E-state index contributed by atoms with van der Waals surface area (Å²) < 4.78 is 0. The first-order chi connectivity index (χ1) is 7.28. The number of nitrogens with one attached hydrogen (secondary N) is 2. The largest absolute Gasteiger partial charge is 0.379 e. The van der Waals surface area contributed by atoms with E-state index in [4.69, 9.17) is 5.26 Å². The molecule has 1 saturated heterocycles. The minimum atomic E-state index is 0.0640. The fourth-order valence-corrected chi connectivity index (χ4v) is 1.49. The number of nitriles is 1. The molecule has 0 radical (unpaired) electrons. The number of anilines is 1. The van der Waals surface area contributed by atoms with Crippen LogP contribution < -0.4 is 10.6 Å². The summed E-state index contributed by atoms with van der Waals surface area (Å²) in [5.41, 5.74) is 1.22. The first kappa shape index (κ1) is 9.46. The van der Waals surface area contributed by atoms with Crippen LogP contribution in [0.2, 0.25) is 0 Å². The lowest BCUT2D eigenvalue weighted by Gasteiger charge is -2.10. The summed E-state index contributed by atoms with van der Waals surface area (Å²) in [6, 6.07) is 5.50. The van der Waals surface area contributed by atoms with E-state index in [9.17, 15) is 4.79 Å². The third-order valence-electron chi connectivity index (χ3n) is 2.23. The van der Waals surface area contributed by atoms with E-state index >= 15 is 0 Å². The van der Waals surface area contributed by atoms with E-state index in [1.165, 1.54) is 0 Å². The fraction of sp³-hybridized carbons (Fsp3) is 0.300. The van der Waals surface area contributed by atoms with Crippen LogP contribution in [-0.4, -0.2) is 23.5 Å². The maximum Gasteiger partial charge on any atom is 0.222 e. The Morgan fingerprint density at radius 2 is 2.47 bits per heavy atom. The second-order valence-electron chi connectivity index (χ2n) is 3.39. The van der Waals surface area contributed by atoms with Crippen LogP contribution in [0, 0.1) is 11.3 Å². The molecule has 0 bridgehead atoms. The fourth-order valence-electron chi connectivity index (χ4n) is 1.49. The van der Waals surface area contributed by atoms with Crippen LogP contribution in [0.1, 0.15) is 12.1 Å². The van der Waals surface area contributed by atoms with Gasteiger partial charge in [0.05, 0.1) is 17.9 Å². The van der Waals surface area contributed by atoms with Gasteiger partial charge in [0, 0.05) is 13.0 Å². The van der Waals surface area contributed by atoms with Crippen LogP contribution in [0.5, 0.6) is 0 Å². The molecule has 1 aromatic heterocycles. The van der Waals surface area contributed by atoms with Gasteiger partial charge in [-0.2, -0.15) is 5.26 Å². The number of pyridine rings is 1. The average molecular weight is 202 g/mol. The summed E-state index contributed by atoms with van der Waals surface area (Å²) in [6.45, 7) is 0.638. The van der Waals surface area contributed by atoms with Gasteiger partial charge in [-0.25, -0.2) is 4.98 Å². The zero-order valence-corrected chi connectivity index (χ0v) is 8.03. The highest BCUT2D eigenvalue weighted by atomic mass is 16.1. The standard InChI is InChI=1S/C10H10N4O/c11-4-7-1-2-8(5-12-7)14-9-3-10(15)13-6-9/h1-2,5,9,14H,3,6H2,(H,13,15). The highest BCUT2D eigenvalue weighted by Crippen LogP contribution is 2.11. The molecule has 15 heavy (non-hydrogen) atoms. The monoisotopic (exact) mass is 202 g/mol. The van der Waals surface area contributed by atoms with Crippen LogP contribution in [0.4, 0.5) is 5.69 Å². The van der Waals surface area contributed by atoms with Gasteiger partial charge in [-0.1, -0.05) is 0 Å². The number of aromatic nitrogens is 1. The second kappa shape index (κ2) is 3.96. The highest BCUT2D eigenvalue weighted by Gasteiger charge is 2.20. The van der Waals surface area contributed by atoms with Crippen molar-refractivity contribution < 1.29 is 4.79 Å². The number of hydrogen-bond donors (Lipinski definition) is 2. The Kier molecular flexibility index (Phi) is 2.50. The molecule has 1 atom stereocenters. The van der Waals surface area contributed by atoms with Crippen LogP contribution >= 0.6 is 0 Å². The maximum atomic E-state index is 10.9. The van der Waals surface area contributed by atoms with E-state index in [2.05, 4.69) is 15.6 Å². The third kappa shape index (κ3) is 2.23. The highest BCUT2D eigenvalue weighted by molar-refractivity contribution is 5.79. The van der Waals surface area contributed by atoms with Crippen LogP contribution in [0.15, 0.2) is 18.3 Å². The lowest BCUT2D eigenvalue weighted by Crippen LogP contribution is -2.22. The Morgan fingerprint density at radius 3 is 3.00 bits per heavy atom. The molecule has 5 nitrogen and oxygen atoms in total. The normalized spacial score (nSPS) is 19.4. The van der Waals surface area contributed by atoms with Gasteiger partial charge in [0.1, 0.15) is 11.8 Å². The van der Waals surface area contributed by atoms with Crippen molar-refractivity contribution in [1.82, 2.24) is 10.3 Å². The average Bonchev–Trinajstić information content (AvgIpc) is 2.65. The molecular weight excluding hydrogens is 192 g/mol. The second-order valence-corrected chi connectivity index (χ2v) is 3.39. The summed E-state index contributed by atoms with van der Waals surface area (Å²) in [7, 11) is 0. The van der Waals surface area contributed by atoms with Crippen molar-refractivity contribution in [3.05, 3.63) is 24.0 Å². The van der Waals surface area contributed by atoms with Crippen molar-refractivity contribution in [2.75, 3.05) is 11.9 Å². The summed E-state index contributed by atoms with van der Waals surface area (Å²) in [5.74, 6) is 0.0640. The lowest BCUT2D eigenvalue weighted by molar-refractivity contribution is -0.119. The van der Waals surface area contributed by atoms with Gasteiger partial charge in [-0.3, -0.25) is 4.79 Å². The molecule has 1 aliphatic heterocycles. The van der Waals surface area contributed by atoms with Crippen molar-refractivity contribution in [3.8, 4) is 6.07 Å². The molecule has 0 spiro atoms. The SMILES string of the molecule is N#Cc1ccc(NC2CNC(=O)C2)cn1. The van der Waals surface area contributed by atoms with Gasteiger partial charge in [0.15, 0.2) is 0 Å². The Hall–Kier alpha value is -2.09. The Balaban J connectivity index is 1.99. The third-order valence-corrected chi connectivity index (χ3v) is 2.23. The molecule has 1 unspecified atom stereocenters. The van der Waals surface area contributed by atoms with Crippen molar-refractivity contribution in [2.45, 2.75) is 12.5 Å². The molecule has 0 aromatic carbocycles. The molecule has 1 amide bonds. The van der Waals surface area contributed by atoms with E-state index in [1.807, 2.05) is 6.07 Å². The lowest BCUT2D eigenvalue weighted by atomic mass is 10.2. The first-order valence-corrected chi connectivity index (χ1v) is 4.67. The van der Waals surface area contributed by atoms with Crippen LogP contribution in [0.25, 0.3) is 0 Å². The number of carbonyl (C=O) groups excluding carboxylic acids is 1. The van der Waals surface area contributed by atoms with Gasteiger partial charge >= 0.3 is 0 Å². The van der Waals surface area contributed by atoms with Gasteiger partial charge in [0.25, 0.3) is 0 Å². The Morgan fingerprint density at radius 1 is 1.60 bits per heavy atom. The Labute approximate surface area is 87.1 Å². The van der Waals surface area contributed by atoms with Crippen molar-refractivity contribution in [1.29, 1.82) is 5.26 Å². The molecule has 0 saturated carbocycles. The maximum absolute atomic E-state index is 10.9. The minimum absolute atomic E-state index is 0.0640.